The highest BCUT2D eigenvalue weighted by Gasteiger charge is 2.41. The van der Waals surface area contributed by atoms with E-state index in [9.17, 15) is 24.3 Å². The van der Waals surface area contributed by atoms with Crippen molar-refractivity contribution in [1.29, 1.82) is 0 Å². The zero-order valence-electron chi connectivity index (χ0n) is 32.7. The van der Waals surface area contributed by atoms with Gasteiger partial charge in [0.1, 0.15) is 35.4 Å². The van der Waals surface area contributed by atoms with Crippen LogP contribution in [0.15, 0.2) is 48.8 Å². The van der Waals surface area contributed by atoms with Crippen molar-refractivity contribution >= 4 is 24.0 Å². The number of imidazole rings is 2. The van der Waals surface area contributed by atoms with Crippen molar-refractivity contribution in [1.82, 2.24) is 40.0 Å². The number of nitrogens with zero attached hydrogens (tertiary/aromatic N) is 5. The molecule has 0 spiro atoms. The molecule has 2 aromatic carbocycles. The van der Waals surface area contributed by atoms with E-state index >= 15 is 8.78 Å². The largest absolute Gasteiger partial charge is 0.465 e. The molecule has 2 aromatic heterocycles. The molecule has 2 aliphatic rings. The van der Waals surface area contributed by atoms with Gasteiger partial charge in [-0.3, -0.25) is 14.5 Å². The highest BCUT2D eigenvalue weighted by Crippen LogP contribution is 2.36. The summed E-state index contributed by atoms with van der Waals surface area (Å²) in [4.78, 5) is 70.4. The van der Waals surface area contributed by atoms with Gasteiger partial charge >= 0.3 is 12.2 Å². The fourth-order valence-electron chi connectivity index (χ4n) is 7.72. The predicted octanol–water partition coefficient (Wildman–Crippen LogP) is 6.13. The third-order valence-electron chi connectivity index (χ3n) is 10.9. The fraction of sp³-hybridized carbons (Fsp3) is 0.450. The maximum absolute atomic E-state index is 15.7. The van der Waals surface area contributed by atoms with Crippen molar-refractivity contribution < 1.29 is 42.5 Å². The Morgan fingerprint density at radius 3 is 1.75 bits per heavy atom. The molecule has 4 N–H and O–H groups in total. The number of benzene rings is 2. The lowest BCUT2D eigenvalue weighted by Gasteiger charge is -2.34. The van der Waals surface area contributed by atoms with Gasteiger partial charge in [0.25, 0.3) is 0 Å². The smallest absolute Gasteiger partial charge is 0.407 e. The van der Waals surface area contributed by atoms with E-state index in [1.807, 2.05) is 13.8 Å². The Balaban J connectivity index is 1.16. The van der Waals surface area contributed by atoms with Gasteiger partial charge in [0, 0.05) is 38.4 Å². The number of carbonyl (C=O) groups excluding carboxylic acids is 3. The molecule has 2 unspecified atom stereocenters. The lowest BCUT2D eigenvalue weighted by Crippen LogP contribution is -2.54. The van der Waals surface area contributed by atoms with E-state index in [1.54, 1.807) is 41.0 Å². The summed E-state index contributed by atoms with van der Waals surface area (Å²) in [5.41, 5.74) is 2.17. The number of carboxylic acid groups (broad SMARTS) is 1. The van der Waals surface area contributed by atoms with Gasteiger partial charge in [-0.05, 0) is 73.9 Å². The highest BCUT2D eigenvalue weighted by molar-refractivity contribution is 5.87. The number of H-pyrrole nitrogens is 2. The number of aromatic nitrogens is 4. The van der Waals surface area contributed by atoms with Gasteiger partial charge in [-0.2, -0.15) is 0 Å². The zero-order valence-corrected chi connectivity index (χ0v) is 32.7. The van der Waals surface area contributed by atoms with Crippen molar-refractivity contribution in [3.8, 4) is 33.6 Å². The van der Waals surface area contributed by atoms with Crippen LogP contribution in [-0.4, -0.2) is 116 Å². The Morgan fingerprint density at radius 2 is 1.33 bits per heavy atom. The second-order valence-electron chi connectivity index (χ2n) is 14.8. The maximum atomic E-state index is 15.7. The predicted molar refractivity (Wildman–Crippen MR) is 205 cm³/mol. The minimum Gasteiger partial charge on any atom is -0.465 e. The molecular formula is C40H48F2N8O7. The molecule has 6 rings (SSSR count). The van der Waals surface area contributed by atoms with Crippen LogP contribution in [-0.2, 0) is 19.1 Å². The molecule has 57 heavy (non-hydrogen) atoms. The summed E-state index contributed by atoms with van der Waals surface area (Å²) in [6, 6.07) is 6.45. The van der Waals surface area contributed by atoms with E-state index in [0.29, 0.717) is 66.5 Å². The fourth-order valence-corrected chi connectivity index (χ4v) is 7.72. The molecule has 0 radical (unpaired) electrons. The van der Waals surface area contributed by atoms with Crippen LogP contribution in [0.1, 0.15) is 70.2 Å². The molecule has 4 heterocycles. The second kappa shape index (κ2) is 17.1. The second-order valence-corrected chi connectivity index (χ2v) is 14.8. The summed E-state index contributed by atoms with van der Waals surface area (Å²) < 4.78 is 41.5. The van der Waals surface area contributed by atoms with Crippen LogP contribution >= 0.6 is 0 Å². The molecule has 15 nitrogen and oxygen atoms in total. The van der Waals surface area contributed by atoms with Crippen molar-refractivity contribution in [2.24, 2.45) is 5.92 Å². The lowest BCUT2D eigenvalue weighted by atomic mass is 10.00. The number of alkyl carbamates (subject to hydrolysis) is 1. The Kier molecular flexibility index (Phi) is 12.3. The Labute approximate surface area is 328 Å². The van der Waals surface area contributed by atoms with Crippen LogP contribution < -0.4 is 5.32 Å². The molecule has 0 saturated carbocycles. The number of methoxy groups -OCH3 is 2. The normalized spacial score (nSPS) is 18.4. The number of amides is 4. The van der Waals surface area contributed by atoms with Crippen molar-refractivity contribution in [3.63, 3.8) is 0 Å². The molecule has 2 fully saturated rings. The average Bonchev–Trinajstić information content (AvgIpc) is 4.03. The minimum atomic E-state index is -1.26. The number of ether oxygens (including phenoxy) is 2. The number of rotatable bonds is 12. The van der Waals surface area contributed by atoms with Gasteiger partial charge in [0.05, 0.1) is 49.1 Å². The monoisotopic (exact) mass is 790 g/mol. The highest BCUT2D eigenvalue weighted by atomic mass is 19.1. The first kappa shape index (κ1) is 40.8. The SMILES string of the molecule is COC(=O)N[C@H](C(=O)N1CCCC1c1ncc(-c2ccc(-c3ccc(-c4cnc(C5CCCN5C(=O)[C@H]([C@@H](C)OC)N(C)C(=O)O)[nH]4)c(F)c3)cc2F)[nH]1)C(C)C. The number of hydrogen-bond acceptors (Lipinski definition) is 8. The van der Waals surface area contributed by atoms with Crippen molar-refractivity contribution in [3.05, 3.63) is 72.1 Å². The molecule has 4 aromatic rings. The molecule has 2 aliphatic heterocycles. The summed E-state index contributed by atoms with van der Waals surface area (Å²) >= 11 is 0. The molecule has 2 saturated heterocycles. The first-order chi connectivity index (χ1) is 27.2. The van der Waals surface area contributed by atoms with Crippen LogP contribution in [0.3, 0.4) is 0 Å². The van der Waals surface area contributed by atoms with E-state index in [1.165, 1.54) is 45.8 Å². The average molecular weight is 791 g/mol. The van der Waals surface area contributed by atoms with Crippen LogP contribution in [0.2, 0.25) is 0 Å². The summed E-state index contributed by atoms with van der Waals surface area (Å²) in [7, 11) is 3.98. The summed E-state index contributed by atoms with van der Waals surface area (Å²) in [6.07, 6.45) is 2.99. The Bertz CT molecular complexity index is 2120. The molecule has 4 amide bonds. The summed E-state index contributed by atoms with van der Waals surface area (Å²) in [5.74, 6) is -1.02. The number of aromatic amines is 2. The number of likely N-dealkylation sites (tertiary alicyclic amines) is 2. The van der Waals surface area contributed by atoms with E-state index < -0.39 is 54.0 Å². The van der Waals surface area contributed by atoms with Gasteiger partial charge < -0.3 is 39.7 Å². The molecule has 0 aliphatic carbocycles. The van der Waals surface area contributed by atoms with Gasteiger partial charge in [0.15, 0.2) is 0 Å². The lowest BCUT2D eigenvalue weighted by molar-refractivity contribution is -0.141. The Morgan fingerprint density at radius 1 is 0.842 bits per heavy atom. The van der Waals surface area contributed by atoms with Crippen LogP contribution in [0.5, 0.6) is 0 Å². The third kappa shape index (κ3) is 8.33. The quantitative estimate of drug-likeness (QED) is 0.131. The van der Waals surface area contributed by atoms with E-state index in [2.05, 4.69) is 25.3 Å². The van der Waals surface area contributed by atoms with E-state index in [0.717, 1.165) is 11.3 Å². The topological polar surface area (TPSA) is 186 Å². The maximum Gasteiger partial charge on any atom is 0.407 e. The first-order valence-electron chi connectivity index (χ1n) is 18.9. The first-order valence-corrected chi connectivity index (χ1v) is 18.9. The van der Waals surface area contributed by atoms with E-state index in [4.69, 9.17) is 9.47 Å². The third-order valence-corrected chi connectivity index (χ3v) is 10.9. The number of hydrogen-bond donors (Lipinski definition) is 4. The number of carbonyl (C=O) groups is 4. The van der Waals surface area contributed by atoms with Crippen LogP contribution in [0, 0.1) is 17.6 Å². The van der Waals surface area contributed by atoms with Gasteiger partial charge in [-0.25, -0.2) is 28.3 Å². The number of likely N-dealkylation sites (N-methyl/N-ethyl adjacent to an activating group) is 1. The van der Waals surface area contributed by atoms with E-state index in [-0.39, 0.29) is 29.0 Å². The summed E-state index contributed by atoms with van der Waals surface area (Å²) in [5, 5.41) is 12.2. The molecule has 5 atom stereocenters. The minimum absolute atomic E-state index is 0.187. The molecular weight excluding hydrogens is 742 g/mol. The standard InChI is InChI=1S/C40H48F2N8O7/c1-21(2)33(47-39(53)57-6)37(51)49-15-7-9-31(49)35-43-19-29(45-35)25-13-11-23(17-27(25)41)24-12-14-26(28(42)18-24)30-20-44-36(46-30)32-10-8-16-50(32)38(52)34(22(3)56-5)48(4)40(54)55/h11-14,17-22,31-34H,7-10,15-16H2,1-6H3,(H,43,45)(H,44,46)(H,47,53)(H,54,55)/t22-,31?,32?,33+,34+/m1/s1. The molecule has 304 valence electrons. The number of nitrogens with one attached hydrogen (secondary N) is 3. The van der Waals surface area contributed by atoms with Gasteiger partial charge in [-0.1, -0.05) is 26.0 Å². The van der Waals surface area contributed by atoms with Crippen molar-refractivity contribution in [2.75, 3.05) is 34.4 Å². The zero-order chi connectivity index (χ0) is 41.1. The Hall–Kier alpha value is -5.84. The molecule has 0 bridgehead atoms. The number of halogens is 2. The van der Waals surface area contributed by atoms with Gasteiger partial charge in [0.2, 0.25) is 11.8 Å². The summed E-state index contributed by atoms with van der Waals surface area (Å²) in [6.45, 7) is 6.19. The molecule has 17 heteroatoms. The van der Waals surface area contributed by atoms with Crippen molar-refractivity contribution in [2.45, 2.75) is 76.7 Å². The van der Waals surface area contributed by atoms with Crippen LogP contribution in [0.4, 0.5) is 18.4 Å². The van der Waals surface area contributed by atoms with Crippen LogP contribution in [0.25, 0.3) is 33.6 Å². The van der Waals surface area contributed by atoms with Gasteiger partial charge in [-0.15, -0.1) is 0 Å².